The van der Waals surface area contributed by atoms with Crippen molar-refractivity contribution in [3.63, 3.8) is 0 Å². The lowest BCUT2D eigenvalue weighted by molar-refractivity contribution is -0.149. The van der Waals surface area contributed by atoms with Gasteiger partial charge in [0.1, 0.15) is 12.4 Å². The van der Waals surface area contributed by atoms with Crippen molar-refractivity contribution in [3.8, 4) is 5.75 Å². The fourth-order valence-electron chi connectivity index (χ4n) is 3.27. The standard InChI is InChI=1S/C20H31N3O3.HI/c1-5-25-19(24)17-6-9-23(10-7-17)20(21-4)22-8-11-26-18-13-15(2)12-16(3)14-18;/h12-14,17H,5-11H2,1-4H3,(H,21,22);1H. The Kier molecular flexibility index (Phi) is 10.5. The van der Waals surface area contributed by atoms with Crippen molar-refractivity contribution in [1.29, 1.82) is 0 Å². The van der Waals surface area contributed by atoms with Crippen LogP contribution in [0.2, 0.25) is 0 Å². The number of esters is 1. The van der Waals surface area contributed by atoms with Crippen LogP contribution in [0.25, 0.3) is 0 Å². The molecule has 1 aliphatic heterocycles. The first-order valence-corrected chi connectivity index (χ1v) is 9.36. The van der Waals surface area contributed by atoms with Gasteiger partial charge < -0.3 is 19.7 Å². The Morgan fingerprint density at radius 2 is 1.85 bits per heavy atom. The van der Waals surface area contributed by atoms with E-state index in [1.54, 1.807) is 7.05 Å². The molecule has 1 saturated heterocycles. The average molecular weight is 489 g/mol. The summed E-state index contributed by atoms with van der Waals surface area (Å²) >= 11 is 0. The highest BCUT2D eigenvalue weighted by molar-refractivity contribution is 14.0. The zero-order valence-electron chi connectivity index (χ0n) is 16.8. The number of halogens is 1. The van der Waals surface area contributed by atoms with Crippen LogP contribution >= 0.6 is 24.0 Å². The number of benzene rings is 1. The third kappa shape index (κ3) is 7.56. The normalized spacial score (nSPS) is 15.1. The first-order valence-electron chi connectivity index (χ1n) is 9.36. The van der Waals surface area contributed by atoms with E-state index in [2.05, 4.69) is 35.1 Å². The average Bonchev–Trinajstić information content (AvgIpc) is 2.61. The molecule has 0 saturated carbocycles. The largest absolute Gasteiger partial charge is 0.492 e. The lowest BCUT2D eigenvalue weighted by Gasteiger charge is -2.33. The van der Waals surface area contributed by atoms with Gasteiger partial charge in [0.2, 0.25) is 0 Å². The maximum Gasteiger partial charge on any atom is 0.309 e. The van der Waals surface area contributed by atoms with Crippen molar-refractivity contribution in [2.24, 2.45) is 10.9 Å². The molecule has 1 heterocycles. The van der Waals surface area contributed by atoms with Crippen molar-refractivity contribution in [2.45, 2.75) is 33.6 Å². The number of nitrogens with one attached hydrogen (secondary N) is 1. The minimum Gasteiger partial charge on any atom is -0.492 e. The summed E-state index contributed by atoms with van der Waals surface area (Å²) in [6.45, 7) is 9.29. The number of hydrogen-bond acceptors (Lipinski definition) is 4. The van der Waals surface area contributed by atoms with Crippen molar-refractivity contribution in [1.82, 2.24) is 10.2 Å². The van der Waals surface area contributed by atoms with Gasteiger partial charge in [0.15, 0.2) is 5.96 Å². The third-order valence-electron chi connectivity index (χ3n) is 4.48. The Bertz CT molecular complexity index is 609. The topological polar surface area (TPSA) is 63.2 Å². The molecule has 1 fully saturated rings. The number of ether oxygens (including phenoxy) is 2. The second-order valence-electron chi connectivity index (χ2n) is 6.66. The van der Waals surface area contributed by atoms with E-state index < -0.39 is 0 Å². The number of hydrogen-bond donors (Lipinski definition) is 1. The molecule has 1 N–H and O–H groups in total. The summed E-state index contributed by atoms with van der Waals surface area (Å²) in [4.78, 5) is 18.4. The molecular formula is C20H32IN3O3. The summed E-state index contributed by atoms with van der Waals surface area (Å²) in [5, 5.41) is 3.34. The Balaban J connectivity index is 0.00000364. The minimum atomic E-state index is -0.0723. The van der Waals surface area contributed by atoms with Crippen LogP contribution in [0.5, 0.6) is 5.75 Å². The second-order valence-corrected chi connectivity index (χ2v) is 6.66. The zero-order valence-corrected chi connectivity index (χ0v) is 19.1. The van der Waals surface area contributed by atoms with Gasteiger partial charge in [-0.1, -0.05) is 6.07 Å². The van der Waals surface area contributed by atoms with Crippen LogP contribution in [0.3, 0.4) is 0 Å². The molecule has 0 unspecified atom stereocenters. The number of guanidine groups is 1. The SMILES string of the molecule is CCOC(=O)C1CCN(C(=NC)NCCOc2cc(C)cc(C)c2)CC1.I. The van der Waals surface area contributed by atoms with E-state index in [-0.39, 0.29) is 35.9 Å². The summed E-state index contributed by atoms with van der Waals surface area (Å²) in [5.41, 5.74) is 2.40. The van der Waals surface area contributed by atoms with Crippen LogP contribution in [0.4, 0.5) is 0 Å². The van der Waals surface area contributed by atoms with E-state index in [1.165, 1.54) is 11.1 Å². The van der Waals surface area contributed by atoms with Crippen LogP contribution < -0.4 is 10.1 Å². The first kappa shape index (κ1) is 23.5. The molecule has 0 atom stereocenters. The van der Waals surface area contributed by atoms with Crippen molar-refractivity contribution in [3.05, 3.63) is 29.3 Å². The molecule has 6 nitrogen and oxygen atoms in total. The van der Waals surface area contributed by atoms with E-state index in [0.717, 1.165) is 37.6 Å². The summed E-state index contributed by atoms with van der Waals surface area (Å²) in [5.74, 6) is 1.69. The van der Waals surface area contributed by atoms with Gasteiger partial charge in [-0.25, -0.2) is 0 Å². The van der Waals surface area contributed by atoms with Crippen LogP contribution in [0.1, 0.15) is 30.9 Å². The van der Waals surface area contributed by atoms with E-state index >= 15 is 0 Å². The number of piperidine rings is 1. The molecule has 0 spiro atoms. The molecule has 0 radical (unpaired) electrons. The van der Waals surface area contributed by atoms with Gasteiger partial charge >= 0.3 is 5.97 Å². The highest BCUT2D eigenvalue weighted by Gasteiger charge is 2.27. The predicted octanol–water partition coefficient (Wildman–Crippen LogP) is 3.15. The highest BCUT2D eigenvalue weighted by atomic mass is 127. The molecule has 1 aliphatic rings. The van der Waals surface area contributed by atoms with Crippen LogP contribution in [-0.2, 0) is 9.53 Å². The minimum absolute atomic E-state index is 0. The summed E-state index contributed by atoms with van der Waals surface area (Å²) in [6.07, 6.45) is 1.61. The van der Waals surface area contributed by atoms with Gasteiger partial charge in [-0.3, -0.25) is 9.79 Å². The van der Waals surface area contributed by atoms with Crippen LogP contribution in [-0.4, -0.2) is 56.7 Å². The zero-order chi connectivity index (χ0) is 18.9. The van der Waals surface area contributed by atoms with Crippen LogP contribution in [0.15, 0.2) is 23.2 Å². The maximum atomic E-state index is 11.8. The van der Waals surface area contributed by atoms with Crippen molar-refractivity contribution in [2.75, 3.05) is 39.9 Å². The number of carbonyl (C=O) groups is 1. The summed E-state index contributed by atoms with van der Waals surface area (Å²) in [6, 6.07) is 6.22. The molecule has 7 heteroatoms. The van der Waals surface area contributed by atoms with E-state index in [1.807, 2.05) is 19.1 Å². The lowest BCUT2D eigenvalue weighted by Crippen LogP contribution is -2.47. The molecule has 0 amide bonds. The van der Waals surface area contributed by atoms with Crippen molar-refractivity contribution >= 4 is 35.9 Å². The molecule has 0 aliphatic carbocycles. The number of likely N-dealkylation sites (tertiary alicyclic amines) is 1. The monoisotopic (exact) mass is 489 g/mol. The fourth-order valence-corrected chi connectivity index (χ4v) is 3.27. The van der Waals surface area contributed by atoms with Crippen LogP contribution in [0, 0.1) is 19.8 Å². The molecule has 1 aromatic carbocycles. The Morgan fingerprint density at radius 1 is 1.22 bits per heavy atom. The van der Waals surface area contributed by atoms with Gasteiger partial charge in [-0.15, -0.1) is 24.0 Å². The van der Waals surface area contributed by atoms with Gasteiger partial charge in [-0.2, -0.15) is 0 Å². The van der Waals surface area contributed by atoms with E-state index in [9.17, 15) is 4.79 Å². The van der Waals surface area contributed by atoms with Crippen molar-refractivity contribution < 1.29 is 14.3 Å². The number of aliphatic imine (C=N–C) groups is 1. The van der Waals surface area contributed by atoms with Gasteiger partial charge in [0.05, 0.1) is 19.1 Å². The fraction of sp³-hybridized carbons (Fsp3) is 0.600. The van der Waals surface area contributed by atoms with Gasteiger partial charge in [0, 0.05) is 20.1 Å². The molecule has 152 valence electrons. The molecule has 0 aromatic heterocycles. The predicted molar refractivity (Wildman–Crippen MR) is 119 cm³/mol. The number of aryl methyl sites for hydroxylation is 2. The lowest BCUT2D eigenvalue weighted by atomic mass is 9.97. The maximum absolute atomic E-state index is 11.8. The Hall–Kier alpha value is -1.51. The molecule has 1 aromatic rings. The molecule has 2 rings (SSSR count). The number of rotatable bonds is 6. The smallest absolute Gasteiger partial charge is 0.309 e. The molecule has 27 heavy (non-hydrogen) atoms. The summed E-state index contributed by atoms with van der Waals surface area (Å²) in [7, 11) is 1.78. The van der Waals surface area contributed by atoms with E-state index in [4.69, 9.17) is 9.47 Å². The number of nitrogens with zero attached hydrogens (tertiary/aromatic N) is 2. The van der Waals surface area contributed by atoms with E-state index in [0.29, 0.717) is 19.8 Å². The highest BCUT2D eigenvalue weighted by Crippen LogP contribution is 2.19. The number of carbonyl (C=O) groups excluding carboxylic acids is 1. The quantitative estimate of drug-likeness (QED) is 0.219. The Morgan fingerprint density at radius 3 is 2.41 bits per heavy atom. The Labute approximate surface area is 179 Å². The summed E-state index contributed by atoms with van der Waals surface area (Å²) < 4.78 is 10.9. The molecule has 0 bridgehead atoms. The molecular weight excluding hydrogens is 457 g/mol. The second kappa shape index (κ2) is 12.0. The first-order chi connectivity index (χ1) is 12.5. The van der Waals surface area contributed by atoms with Gasteiger partial charge in [-0.05, 0) is 56.9 Å². The third-order valence-corrected chi connectivity index (χ3v) is 4.48. The van der Waals surface area contributed by atoms with Gasteiger partial charge in [0.25, 0.3) is 0 Å².